The summed E-state index contributed by atoms with van der Waals surface area (Å²) in [5.41, 5.74) is 2.30. The molecular weight excluding hydrogens is 248 g/mol. The Kier molecular flexibility index (Phi) is 4.00. The van der Waals surface area contributed by atoms with Crippen molar-refractivity contribution in [3.63, 3.8) is 0 Å². The van der Waals surface area contributed by atoms with Gasteiger partial charge in [-0.25, -0.2) is 0 Å². The Labute approximate surface area is 111 Å². The third-order valence-corrected chi connectivity index (χ3v) is 2.85. The Morgan fingerprint density at radius 1 is 1.17 bits per heavy atom. The van der Waals surface area contributed by atoms with Crippen LogP contribution in [0.25, 0.3) is 11.1 Å². The van der Waals surface area contributed by atoms with Crippen LogP contribution >= 0.6 is 11.6 Å². The molecule has 0 fully saturated rings. The molecule has 3 heteroatoms. The molecule has 0 unspecified atom stereocenters. The molecule has 0 radical (unpaired) electrons. The Morgan fingerprint density at radius 2 is 1.94 bits per heavy atom. The van der Waals surface area contributed by atoms with Crippen LogP contribution in [0.5, 0.6) is 5.75 Å². The highest BCUT2D eigenvalue weighted by molar-refractivity contribution is 6.31. The van der Waals surface area contributed by atoms with E-state index in [9.17, 15) is 4.79 Å². The third-order valence-electron chi connectivity index (χ3n) is 2.62. The lowest BCUT2D eigenvalue weighted by Crippen LogP contribution is -1.95. The summed E-state index contributed by atoms with van der Waals surface area (Å²) in [6, 6.07) is 12.9. The van der Waals surface area contributed by atoms with E-state index in [0.29, 0.717) is 17.2 Å². The molecule has 0 saturated heterocycles. The Bertz CT molecular complexity index is 564. The number of para-hydroxylation sites is 1. The molecule has 0 saturated carbocycles. The van der Waals surface area contributed by atoms with Gasteiger partial charge in [0.25, 0.3) is 0 Å². The van der Waals surface area contributed by atoms with E-state index in [2.05, 4.69) is 0 Å². The highest BCUT2D eigenvalue weighted by atomic mass is 35.5. The van der Waals surface area contributed by atoms with Gasteiger partial charge in [0.05, 0.1) is 6.61 Å². The predicted molar refractivity (Wildman–Crippen MR) is 73.4 cm³/mol. The molecule has 2 rings (SSSR count). The SMILES string of the molecule is CCOc1ccccc1-c1ccc(Cl)cc1C=O. The van der Waals surface area contributed by atoms with Gasteiger partial charge in [-0.3, -0.25) is 4.79 Å². The summed E-state index contributed by atoms with van der Waals surface area (Å²) in [4.78, 5) is 11.1. The summed E-state index contributed by atoms with van der Waals surface area (Å²) in [5.74, 6) is 0.769. The second-order valence-electron chi connectivity index (χ2n) is 3.78. The topological polar surface area (TPSA) is 26.3 Å². The monoisotopic (exact) mass is 260 g/mol. The van der Waals surface area contributed by atoms with E-state index in [0.717, 1.165) is 23.2 Å². The Morgan fingerprint density at radius 3 is 2.67 bits per heavy atom. The largest absolute Gasteiger partial charge is 0.493 e. The number of rotatable bonds is 4. The molecule has 92 valence electrons. The number of carbonyl (C=O) groups is 1. The van der Waals surface area contributed by atoms with E-state index in [-0.39, 0.29) is 0 Å². The van der Waals surface area contributed by atoms with Crippen LogP contribution in [0.15, 0.2) is 42.5 Å². The molecule has 0 heterocycles. The molecule has 2 nitrogen and oxygen atoms in total. The van der Waals surface area contributed by atoms with Crippen LogP contribution in [0.3, 0.4) is 0 Å². The van der Waals surface area contributed by atoms with Crippen LogP contribution in [-0.2, 0) is 0 Å². The molecule has 2 aromatic rings. The highest BCUT2D eigenvalue weighted by Crippen LogP contribution is 2.32. The Hall–Kier alpha value is -1.80. The van der Waals surface area contributed by atoms with E-state index in [1.54, 1.807) is 12.1 Å². The maximum absolute atomic E-state index is 11.1. The van der Waals surface area contributed by atoms with Gasteiger partial charge >= 0.3 is 0 Å². The summed E-state index contributed by atoms with van der Waals surface area (Å²) >= 11 is 5.89. The van der Waals surface area contributed by atoms with Gasteiger partial charge in [0.15, 0.2) is 6.29 Å². The average molecular weight is 261 g/mol. The molecule has 0 amide bonds. The molecule has 0 aliphatic rings. The molecule has 0 aromatic heterocycles. The maximum Gasteiger partial charge on any atom is 0.150 e. The third kappa shape index (κ3) is 2.54. The molecule has 18 heavy (non-hydrogen) atoms. The quantitative estimate of drug-likeness (QED) is 0.770. The number of hydrogen-bond acceptors (Lipinski definition) is 2. The molecular formula is C15H13ClO2. The van der Waals surface area contributed by atoms with Gasteiger partial charge in [-0.05, 0) is 30.7 Å². The van der Waals surface area contributed by atoms with Crippen LogP contribution in [0, 0.1) is 0 Å². The number of halogens is 1. The average Bonchev–Trinajstić information content (AvgIpc) is 2.40. The van der Waals surface area contributed by atoms with E-state index in [1.807, 2.05) is 37.3 Å². The van der Waals surface area contributed by atoms with Gasteiger partial charge in [0, 0.05) is 16.1 Å². The summed E-state index contributed by atoms with van der Waals surface area (Å²) in [5, 5.41) is 0.551. The lowest BCUT2D eigenvalue weighted by atomic mass is 9.99. The lowest BCUT2D eigenvalue weighted by Gasteiger charge is -2.11. The first-order valence-corrected chi connectivity index (χ1v) is 6.11. The van der Waals surface area contributed by atoms with Crippen molar-refractivity contribution in [2.24, 2.45) is 0 Å². The minimum atomic E-state index is 0.551. The van der Waals surface area contributed by atoms with E-state index in [1.165, 1.54) is 0 Å². The van der Waals surface area contributed by atoms with Gasteiger partial charge in [0.1, 0.15) is 5.75 Å². The van der Waals surface area contributed by atoms with E-state index < -0.39 is 0 Å². The molecule has 0 atom stereocenters. The number of hydrogen-bond donors (Lipinski definition) is 0. The fourth-order valence-corrected chi connectivity index (χ4v) is 2.03. The molecule has 2 aromatic carbocycles. The molecule has 0 aliphatic heterocycles. The van der Waals surface area contributed by atoms with Gasteiger partial charge in [-0.2, -0.15) is 0 Å². The Balaban J connectivity index is 2.57. The van der Waals surface area contributed by atoms with Crippen molar-refractivity contribution >= 4 is 17.9 Å². The second kappa shape index (κ2) is 5.69. The highest BCUT2D eigenvalue weighted by Gasteiger charge is 2.10. The second-order valence-corrected chi connectivity index (χ2v) is 4.22. The number of carbonyl (C=O) groups excluding carboxylic acids is 1. The first-order valence-electron chi connectivity index (χ1n) is 5.73. The fraction of sp³-hybridized carbons (Fsp3) is 0.133. The van der Waals surface area contributed by atoms with Crippen LogP contribution in [0.2, 0.25) is 5.02 Å². The lowest BCUT2D eigenvalue weighted by molar-refractivity contribution is 0.112. The smallest absolute Gasteiger partial charge is 0.150 e. The number of ether oxygens (including phenoxy) is 1. The normalized spacial score (nSPS) is 10.1. The zero-order chi connectivity index (χ0) is 13.0. The zero-order valence-corrected chi connectivity index (χ0v) is 10.8. The van der Waals surface area contributed by atoms with Crippen molar-refractivity contribution in [2.75, 3.05) is 6.61 Å². The zero-order valence-electron chi connectivity index (χ0n) is 10.0. The standard InChI is InChI=1S/C15H13ClO2/c1-2-18-15-6-4-3-5-14(15)13-8-7-12(16)9-11(13)10-17/h3-10H,2H2,1H3. The predicted octanol–water partition coefficient (Wildman–Crippen LogP) is 4.22. The minimum absolute atomic E-state index is 0.551. The molecule has 0 spiro atoms. The first kappa shape index (κ1) is 12.7. The van der Waals surface area contributed by atoms with Crippen molar-refractivity contribution < 1.29 is 9.53 Å². The van der Waals surface area contributed by atoms with Crippen LogP contribution in [0.1, 0.15) is 17.3 Å². The van der Waals surface area contributed by atoms with E-state index >= 15 is 0 Å². The van der Waals surface area contributed by atoms with Crippen molar-refractivity contribution in [1.29, 1.82) is 0 Å². The van der Waals surface area contributed by atoms with Gasteiger partial charge < -0.3 is 4.74 Å². The summed E-state index contributed by atoms with van der Waals surface area (Å²) in [7, 11) is 0. The fourth-order valence-electron chi connectivity index (χ4n) is 1.85. The molecule has 0 aliphatic carbocycles. The molecule has 0 bridgehead atoms. The minimum Gasteiger partial charge on any atom is -0.493 e. The van der Waals surface area contributed by atoms with Crippen molar-refractivity contribution in [3.05, 3.63) is 53.1 Å². The van der Waals surface area contributed by atoms with Crippen LogP contribution < -0.4 is 4.74 Å². The first-order chi connectivity index (χ1) is 8.76. The van der Waals surface area contributed by atoms with E-state index in [4.69, 9.17) is 16.3 Å². The maximum atomic E-state index is 11.1. The summed E-state index contributed by atoms with van der Waals surface area (Å²) in [6.45, 7) is 2.51. The van der Waals surface area contributed by atoms with Crippen molar-refractivity contribution in [1.82, 2.24) is 0 Å². The van der Waals surface area contributed by atoms with Crippen LogP contribution in [0.4, 0.5) is 0 Å². The van der Waals surface area contributed by atoms with Crippen LogP contribution in [-0.4, -0.2) is 12.9 Å². The number of benzene rings is 2. The van der Waals surface area contributed by atoms with Crippen molar-refractivity contribution in [2.45, 2.75) is 6.92 Å². The van der Waals surface area contributed by atoms with Gasteiger partial charge in [0.2, 0.25) is 0 Å². The van der Waals surface area contributed by atoms with Gasteiger partial charge in [-0.15, -0.1) is 0 Å². The molecule has 0 N–H and O–H groups in total. The van der Waals surface area contributed by atoms with Gasteiger partial charge in [-0.1, -0.05) is 35.9 Å². The summed E-state index contributed by atoms with van der Waals surface area (Å²) < 4.78 is 5.57. The summed E-state index contributed by atoms with van der Waals surface area (Å²) in [6.07, 6.45) is 0.809. The number of aldehydes is 1. The van der Waals surface area contributed by atoms with Crippen molar-refractivity contribution in [3.8, 4) is 16.9 Å².